The number of amides is 1. The van der Waals surface area contributed by atoms with Crippen molar-refractivity contribution in [2.75, 3.05) is 35.4 Å². The maximum absolute atomic E-state index is 14.0. The molecule has 1 fully saturated rings. The van der Waals surface area contributed by atoms with Crippen molar-refractivity contribution >= 4 is 11.9 Å². The predicted molar refractivity (Wildman–Crippen MR) is 147 cm³/mol. The minimum absolute atomic E-state index is 0.192. The Morgan fingerprint density at radius 3 is 2.17 bits per heavy atom. The first-order valence-corrected chi connectivity index (χ1v) is 13.0. The van der Waals surface area contributed by atoms with E-state index in [0.29, 0.717) is 16.9 Å². The number of benzene rings is 3. The van der Waals surface area contributed by atoms with Crippen LogP contribution in [0.25, 0.3) is 0 Å². The number of methoxy groups -OCH3 is 3. The van der Waals surface area contributed by atoms with Crippen LogP contribution in [0.1, 0.15) is 29.5 Å². The second-order valence-corrected chi connectivity index (χ2v) is 10.4. The minimum atomic E-state index is -2.18. The molecule has 0 spiro atoms. The molecule has 1 aliphatic carbocycles. The lowest BCUT2D eigenvalue weighted by atomic mass is 9.70. The Morgan fingerprint density at radius 1 is 0.927 bits per heavy atom. The number of carbonyl (C=O) groups excluding carboxylic acids is 2. The van der Waals surface area contributed by atoms with Gasteiger partial charge in [-0.25, -0.2) is 0 Å². The molecule has 5 atom stereocenters. The van der Waals surface area contributed by atoms with E-state index in [1.807, 2.05) is 30.3 Å². The van der Waals surface area contributed by atoms with E-state index in [1.165, 1.54) is 39.2 Å². The van der Waals surface area contributed by atoms with Crippen LogP contribution >= 0.6 is 0 Å². The summed E-state index contributed by atoms with van der Waals surface area (Å²) >= 11 is 0. The molecule has 0 aromatic heterocycles. The summed E-state index contributed by atoms with van der Waals surface area (Å²) in [4.78, 5) is 28.1. The van der Waals surface area contributed by atoms with Crippen LogP contribution < -0.4 is 18.9 Å². The lowest BCUT2D eigenvalue weighted by molar-refractivity contribution is -0.184. The van der Waals surface area contributed by atoms with Gasteiger partial charge in [0.05, 0.1) is 32.8 Å². The molecule has 216 valence electrons. The molecule has 1 heterocycles. The zero-order valence-electron chi connectivity index (χ0n) is 23.7. The first-order chi connectivity index (χ1) is 19.5. The Bertz CT molecular complexity index is 1490. The van der Waals surface area contributed by atoms with Crippen LogP contribution in [-0.2, 0) is 25.5 Å². The Hall–Kier alpha value is -4.44. The molecule has 0 unspecified atom stereocenters. The summed E-state index contributed by atoms with van der Waals surface area (Å²) in [7, 11) is 7.54. The average molecular weight is 564 g/mol. The molecule has 41 heavy (non-hydrogen) atoms. The standard InChI is InChI=1S/C31H33NO9/c1-17(33)40-28-25(29(35)32(2)3)26(18-10-8-7-9-11-18)31(19-12-13-22(38-5)21(34)14-19)30(28,36)27-23(39-6)15-20(37-4)16-24(27)41-31/h7-16,25-26,28,34,36H,1-6H3/t25-,26+,28-,30-,31-/m0/s1. The Kier molecular flexibility index (Phi) is 6.98. The van der Waals surface area contributed by atoms with Crippen LogP contribution in [0.3, 0.4) is 0 Å². The molecule has 0 radical (unpaired) electrons. The van der Waals surface area contributed by atoms with Gasteiger partial charge in [0.25, 0.3) is 0 Å². The van der Waals surface area contributed by atoms with Gasteiger partial charge in [0, 0.05) is 44.6 Å². The van der Waals surface area contributed by atoms with E-state index >= 15 is 0 Å². The molecule has 1 aliphatic heterocycles. The van der Waals surface area contributed by atoms with Crippen molar-refractivity contribution in [3.05, 3.63) is 77.4 Å². The van der Waals surface area contributed by atoms with Crippen molar-refractivity contribution in [3.63, 3.8) is 0 Å². The first-order valence-electron chi connectivity index (χ1n) is 13.0. The van der Waals surface area contributed by atoms with Crippen molar-refractivity contribution in [3.8, 4) is 28.7 Å². The zero-order valence-corrected chi connectivity index (χ0v) is 23.7. The molecule has 3 aromatic rings. The summed E-state index contributed by atoms with van der Waals surface area (Å²) in [5.74, 6) is -2.27. The van der Waals surface area contributed by atoms with Crippen molar-refractivity contribution in [1.29, 1.82) is 0 Å². The Balaban J connectivity index is 1.95. The average Bonchev–Trinajstić information content (AvgIpc) is 3.34. The number of ether oxygens (including phenoxy) is 5. The largest absolute Gasteiger partial charge is 0.504 e. The highest BCUT2D eigenvalue weighted by Gasteiger charge is 2.79. The number of rotatable bonds is 7. The van der Waals surface area contributed by atoms with Gasteiger partial charge in [-0.05, 0) is 17.7 Å². The predicted octanol–water partition coefficient (Wildman–Crippen LogP) is 3.33. The third-order valence-electron chi connectivity index (χ3n) is 8.03. The lowest BCUT2D eigenvalue weighted by Crippen LogP contribution is -2.53. The number of carbonyl (C=O) groups is 2. The fraction of sp³-hybridized carbons (Fsp3) is 0.355. The third kappa shape index (κ3) is 3.96. The van der Waals surface area contributed by atoms with Gasteiger partial charge in [-0.15, -0.1) is 0 Å². The highest BCUT2D eigenvalue weighted by molar-refractivity contribution is 5.84. The highest BCUT2D eigenvalue weighted by Crippen LogP contribution is 2.71. The van der Waals surface area contributed by atoms with Crippen molar-refractivity contribution in [1.82, 2.24) is 4.90 Å². The van der Waals surface area contributed by atoms with Gasteiger partial charge in [-0.2, -0.15) is 0 Å². The number of nitrogens with zero attached hydrogens (tertiary/aromatic N) is 1. The van der Waals surface area contributed by atoms with Crippen molar-refractivity contribution in [2.45, 2.75) is 30.1 Å². The number of fused-ring (bicyclic) bond motifs is 3. The molecule has 1 amide bonds. The van der Waals surface area contributed by atoms with E-state index in [-0.39, 0.29) is 34.5 Å². The van der Waals surface area contributed by atoms with Crippen LogP contribution in [-0.4, -0.2) is 68.5 Å². The summed E-state index contributed by atoms with van der Waals surface area (Å²) in [6, 6.07) is 16.9. The van der Waals surface area contributed by atoms with Gasteiger partial charge < -0.3 is 38.8 Å². The first kappa shape index (κ1) is 28.1. The van der Waals surface area contributed by atoms with Gasteiger partial charge in [-0.3, -0.25) is 9.59 Å². The molecule has 0 bridgehead atoms. The third-order valence-corrected chi connectivity index (χ3v) is 8.03. The SMILES string of the molecule is COc1cc(OC)c2c(c1)O[C@@]1(c3ccc(OC)c(O)c3)[C@H](c3ccccc3)[C@H](C(=O)N(C)C)[C@H](OC(C)=O)[C@@]21O. The Labute approximate surface area is 238 Å². The number of hydrogen-bond donors (Lipinski definition) is 2. The molecular weight excluding hydrogens is 530 g/mol. The van der Waals surface area contributed by atoms with E-state index in [0.717, 1.165) is 0 Å². The van der Waals surface area contributed by atoms with Gasteiger partial charge in [0.1, 0.15) is 17.2 Å². The molecule has 10 heteroatoms. The molecule has 5 rings (SSSR count). The quantitative estimate of drug-likeness (QED) is 0.417. The second kappa shape index (κ2) is 10.2. The summed E-state index contributed by atoms with van der Waals surface area (Å²) < 4.78 is 29.2. The van der Waals surface area contributed by atoms with Gasteiger partial charge in [0.2, 0.25) is 5.91 Å². The molecule has 2 N–H and O–H groups in total. The smallest absolute Gasteiger partial charge is 0.303 e. The second-order valence-electron chi connectivity index (χ2n) is 10.4. The molecule has 2 aliphatic rings. The maximum atomic E-state index is 14.0. The number of aromatic hydroxyl groups is 1. The summed E-state index contributed by atoms with van der Waals surface area (Å²) in [5, 5.41) is 24.1. The summed E-state index contributed by atoms with van der Waals surface area (Å²) in [5.41, 5.74) is -2.80. The molecule has 10 nitrogen and oxygen atoms in total. The van der Waals surface area contributed by atoms with Crippen molar-refractivity contribution in [2.24, 2.45) is 5.92 Å². The van der Waals surface area contributed by atoms with Gasteiger partial charge >= 0.3 is 5.97 Å². The Morgan fingerprint density at radius 2 is 1.61 bits per heavy atom. The van der Waals surface area contributed by atoms with E-state index in [4.69, 9.17) is 23.7 Å². The number of phenolic OH excluding ortho intramolecular Hbond substituents is 1. The van der Waals surface area contributed by atoms with Crippen LogP contribution in [0.5, 0.6) is 28.7 Å². The number of esters is 1. The number of aliphatic hydroxyl groups is 1. The lowest BCUT2D eigenvalue weighted by Gasteiger charge is -2.41. The minimum Gasteiger partial charge on any atom is -0.504 e. The summed E-state index contributed by atoms with van der Waals surface area (Å²) in [6.07, 6.45) is -1.42. The highest BCUT2D eigenvalue weighted by atomic mass is 16.6. The fourth-order valence-electron chi connectivity index (χ4n) is 6.47. The van der Waals surface area contributed by atoms with Crippen LogP contribution in [0, 0.1) is 5.92 Å². The fourth-order valence-corrected chi connectivity index (χ4v) is 6.47. The maximum Gasteiger partial charge on any atom is 0.303 e. The van der Waals surface area contributed by atoms with Crippen LogP contribution in [0.4, 0.5) is 0 Å². The molecule has 0 saturated heterocycles. The van der Waals surface area contributed by atoms with E-state index in [2.05, 4.69) is 0 Å². The van der Waals surface area contributed by atoms with E-state index in [9.17, 15) is 19.8 Å². The van der Waals surface area contributed by atoms with E-state index in [1.54, 1.807) is 38.4 Å². The van der Waals surface area contributed by atoms with Gasteiger partial charge in [-0.1, -0.05) is 36.4 Å². The molecule has 3 aromatic carbocycles. The van der Waals surface area contributed by atoms with Crippen LogP contribution in [0.15, 0.2) is 60.7 Å². The van der Waals surface area contributed by atoms with Crippen LogP contribution in [0.2, 0.25) is 0 Å². The zero-order chi connectivity index (χ0) is 29.7. The molecular formula is C31H33NO9. The monoisotopic (exact) mass is 563 g/mol. The number of phenols is 1. The molecule has 1 saturated carbocycles. The van der Waals surface area contributed by atoms with E-state index < -0.39 is 35.1 Å². The normalized spacial score (nSPS) is 25.9. The number of hydrogen-bond acceptors (Lipinski definition) is 9. The topological polar surface area (TPSA) is 124 Å². The summed E-state index contributed by atoms with van der Waals surface area (Å²) in [6.45, 7) is 1.22. The van der Waals surface area contributed by atoms with Gasteiger partial charge in [0.15, 0.2) is 28.8 Å². The van der Waals surface area contributed by atoms with Crippen molar-refractivity contribution < 1.29 is 43.5 Å².